The van der Waals surface area contributed by atoms with Crippen LogP contribution in [0.1, 0.15) is 32.6 Å². The van der Waals surface area contributed by atoms with E-state index in [9.17, 15) is 0 Å². The average molecular weight is 174 g/mol. The monoisotopic (exact) mass is 174 g/mol. The fourth-order valence-corrected chi connectivity index (χ4v) is 1.46. The van der Waals surface area contributed by atoms with Crippen molar-refractivity contribution in [2.45, 2.75) is 44.8 Å². The molecule has 0 aliphatic carbocycles. The molecule has 0 saturated carbocycles. The van der Waals surface area contributed by atoms with E-state index in [1.54, 1.807) is 0 Å². The zero-order chi connectivity index (χ0) is 8.81. The molecule has 0 amide bonds. The van der Waals surface area contributed by atoms with Crippen molar-refractivity contribution >= 4 is 0 Å². The van der Waals surface area contributed by atoms with Crippen LogP contribution in [-0.4, -0.2) is 30.7 Å². The molecule has 1 aliphatic heterocycles. The minimum absolute atomic E-state index is 0.0802. The van der Waals surface area contributed by atoms with Crippen molar-refractivity contribution < 1.29 is 14.6 Å². The zero-order valence-electron chi connectivity index (χ0n) is 7.66. The third kappa shape index (κ3) is 2.73. The Morgan fingerprint density at radius 2 is 2.00 bits per heavy atom. The van der Waals surface area contributed by atoms with Crippen LogP contribution in [0.4, 0.5) is 0 Å². The molecule has 12 heavy (non-hydrogen) atoms. The predicted molar refractivity (Wildman–Crippen MR) is 45.8 cm³/mol. The van der Waals surface area contributed by atoms with E-state index >= 15 is 0 Å². The topological polar surface area (TPSA) is 38.7 Å². The summed E-state index contributed by atoms with van der Waals surface area (Å²) in [6.45, 7) is 2.61. The molecular weight excluding hydrogens is 156 g/mol. The van der Waals surface area contributed by atoms with E-state index in [1.165, 1.54) is 19.3 Å². The van der Waals surface area contributed by atoms with E-state index in [4.69, 9.17) is 14.6 Å². The SMILES string of the molecule is CCCCCC1OCOC1CO. The summed E-state index contributed by atoms with van der Waals surface area (Å²) in [5.74, 6) is 0. The molecule has 1 heterocycles. The highest BCUT2D eigenvalue weighted by Crippen LogP contribution is 2.18. The second kappa shape index (κ2) is 5.51. The first-order chi connectivity index (χ1) is 5.88. The molecule has 3 nitrogen and oxygen atoms in total. The molecule has 1 N–H and O–H groups in total. The Morgan fingerprint density at radius 1 is 1.25 bits per heavy atom. The predicted octanol–water partition coefficient (Wildman–Crippen LogP) is 1.30. The van der Waals surface area contributed by atoms with Gasteiger partial charge in [-0.15, -0.1) is 0 Å². The quantitative estimate of drug-likeness (QED) is 0.638. The highest BCUT2D eigenvalue weighted by atomic mass is 16.7. The molecule has 0 spiro atoms. The molecule has 0 aromatic rings. The van der Waals surface area contributed by atoms with Crippen LogP contribution in [0.5, 0.6) is 0 Å². The van der Waals surface area contributed by atoms with Gasteiger partial charge >= 0.3 is 0 Å². The molecule has 0 bridgehead atoms. The fraction of sp³-hybridized carbons (Fsp3) is 1.00. The van der Waals surface area contributed by atoms with Crippen molar-refractivity contribution in [3.63, 3.8) is 0 Å². The van der Waals surface area contributed by atoms with Crippen molar-refractivity contribution in [1.82, 2.24) is 0 Å². The van der Waals surface area contributed by atoms with Crippen LogP contribution in [0, 0.1) is 0 Å². The normalized spacial score (nSPS) is 29.5. The summed E-state index contributed by atoms with van der Waals surface area (Å²) >= 11 is 0. The molecule has 2 atom stereocenters. The van der Waals surface area contributed by atoms with Gasteiger partial charge in [-0.05, 0) is 6.42 Å². The van der Waals surface area contributed by atoms with E-state index < -0.39 is 0 Å². The number of aliphatic hydroxyl groups excluding tert-OH is 1. The van der Waals surface area contributed by atoms with Gasteiger partial charge in [-0.3, -0.25) is 0 Å². The summed E-state index contributed by atoms with van der Waals surface area (Å²) in [7, 11) is 0. The van der Waals surface area contributed by atoms with Gasteiger partial charge in [-0.2, -0.15) is 0 Å². The van der Waals surface area contributed by atoms with Gasteiger partial charge in [0.15, 0.2) is 0 Å². The molecule has 0 aromatic carbocycles. The second-order valence-electron chi connectivity index (χ2n) is 3.21. The first kappa shape index (κ1) is 9.96. The average Bonchev–Trinajstić information content (AvgIpc) is 2.52. The molecule has 1 rings (SSSR count). The highest BCUT2D eigenvalue weighted by Gasteiger charge is 2.27. The summed E-state index contributed by atoms with van der Waals surface area (Å²) in [5.41, 5.74) is 0. The zero-order valence-corrected chi connectivity index (χ0v) is 7.66. The summed E-state index contributed by atoms with van der Waals surface area (Å²) in [4.78, 5) is 0. The van der Waals surface area contributed by atoms with Crippen molar-refractivity contribution in [3.05, 3.63) is 0 Å². The molecule has 2 unspecified atom stereocenters. The molecular formula is C9H18O3. The Hall–Kier alpha value is -0.120. The Morgan fingerprint density at radius 3 is 2.67 bits per heavy atom. The van der Waals surface area contributed by atoms with E-state index in [0.29, 0.717) is 6.79 Å². The van der Waals surface area contributed by atoms with Crippen molar-refractivity contribution in [2.75, 3.05) is 13.4 Å². The molecule has 0 aromatic heterocycles. The summed E-state index contributed by atoms with van der Waals surface area (Å²) < 4.78 is 10.5. The Bertz CT molecular complexity index is 116. The Kier molecular flexibility index (Phi) is 4.58. The first-order valence-electron chi connectivity index (χ1n) is 4.72. The lowest BCUT2D eigenvalue weighted by Gasteiger charge is -2.13. The van der Waals surface area contributed by atoms with Gasteiger partial charge in [0.25, 0.3) is 0 Å². The summed E-state index contributed by atoms with van der Waals surface area (Å²) in [6.07, 6.45) is 4.68. The maximum atomic E-state index is 8.89. The van der Waals surface area contributed by atoms with Crippen molar-refractivity contribution in [1.29, 1.82) is 0 Å². The van der Waals surface area contributed by atoms with Gasteiger partial charge in [0.1, 0.15) is 12.9 Å². The van der Waals surface area contributed by atoms with Crippen molar-refractivity contribution in [3.8, 4) is 0 Å². The second-order valence-corrected chi connectivity index (χ2v) is 3.21. The van der Waals surface area contributed by atoms with Crippen LogP contribution in [0.2, 0.25) is 0 Å². The molecule has 1 saturated heterocycles. The fourth-order valence-electron chi connectivity index (χ4n) is 1.46. The van der Waals surface area contributed by atoms with E-state index in [-0.39, 0.29) is 18.8 Å². The number of rotatable bonds is 5. The largest absolute Gasteiger partial charge is 0.394 e. The number of hydrogen-bond donors (Lipinski definition) is 1. The minimum Gasteiger partial charge on any atom is -0.394 e. The maximum absolute atomic E-state index is 8.89. The van der Waals surface area contributed by atoms with E-state index in [1.807, 2.05) is 0 Å². The summed E-state index contributed by atoms with van der Waals surface area (Å²) in [6, 6.07) is 0. The Balaban J connectivity index is 2.12. The molecule has 1 fully saturated rings. The van der Waals surface area contributed by atoms with Gasteiger partial charge < -0.3 is 14.6 Å². The van der Waals surface area contributed by atoms with Gasteiger partial charge in [-0.25, -0.2) is 0 Å². The van der Waals surface area contributed by atoms with E-state index in [2.05, 4.69) is 6.92 Å². The minimum atomic E-state index is -0.0816. The number of aliphatic hydroxyl groups is 1. The summed E-state index contributed by atoms with van der Waals surface area (Å²) in [5, 5.41) is 8.89. The number of unbranched alkanes of at least 4 members (excludes halogenated alkanes) is 2. The lowest BCUT2D eigenvalue weighted by Crippen LogP contribution is -2.25. The molecule has 0 radical (unpaired) electrons. The van der Waals surface area contributed by atoms with E-state index in [0.717, 1.165) is 6.42 Å². The maximum Gasteiger partial charge on any atom is 0.147 e. The van der Waals surface area contributed by atoms with Crippen molar-refractivity contribution in [2.24, 2.45) is 0 Å². The third-order valence-corrected chi connectivity index (χ3v) is 2.25. The highest BCUT2D eigenvalue weighted by molar-refractivity contribution is 4.72. The van der Waals surface area contributed by atoms with Crippen LogP contribution >= 0.6 is 0 Å². The third-order valence-electron chi connectivity index (χ3n) is 2.25. The Labute approximate surface area is 73.7 Å². The van der Waals surface area contributed by atoms with Crippen LogP contribution in [0.25, 0.3) is 0 Å². The number of ether oxygens (including phenoxy) is 2. The number of hydrogen-bond acceptors (Lipinski definition) is 3. The van der Waals surface area contributed by atoms with Crippen LogP contribution in [-0.2, 0) is 9.47 Å². The van der Waals surface area contributed by atoms with Gasteiger partial charge in [0.2, 0.25) is 0 Å². The van der Waals surface area contributed by atoms with Crippen LogP contribution < -0.4 is 0 Å². The first-order valence-corrected chi connectivity index (χ1v) is 4.72. The lowest BCUT2D eigenvalue weighted by molar-refractivity contribution is 0.0264. The molecule has 3 heteroatoms. The van der Waals surface area contributed by atoms with Gasteiger partial charge in [0, 0.05) is 0 Å². The van der Waals surface area contributed by atoms with Gasteiger partial charge in [-0.1, -0.05) is 26.2 Å². The molecule has 1 aliphatic rings. The smallest absolute Gasteiger partial charge is 0.147 e. The molecule has 72 valence electrons. The van der Waals surface area contributed by atoms with Crippen LogP contribution in [0.15, 0.2) is 0 Å². The lowest BCUT2D eigenvalue weighted by atomic mass is 10.1. The standard InChI is InChI=1S/C9H18O3/c1-2-3-4-5-8-9(6-10)12-7-11-8/h8-10H,2-7H2,1H3. The van der Waals surface area contributed by atoms with Gasteiger partial charge in [0.05, 0.1) is 12.7 Å². The van der Waals surface area contributed by atoms with Crippen LogP contribution in [0.3, 0.4) is 0 Å².